The molecule has 0 atom stereocenters. The fourth-order valence-electron chi connectivity index (χ4n) is 3.31. The van der Waals surface area contributed by atoms with Gasteiger partial charge < -0.3 is 9.15 Å². The molecule has 0 saturated carbocycles. The third kappa shape index (κ3) is 5.07. The van der Waals surface area contributed by atoms with Gasteiger partial charge in [-0.05, 0) is 29.2 Å². The quantitative estimate of drug-likeness (QED) is 0.292. The summed E-state index contributed by atoms with van der Waals surface area (Å²) in [5.41, 5.74) is 3.11. The highest BCUT2D eigenvalue weighted by Crippen LogP contribution is 2.34. The molecule has 0 spiro atoms. The van der Waals surface area contributed by atoms with E-state index >= 15 is 0 Å². The smallest absolute Gasteiger partial charge is 0.226 e. The molecule has 2 aromatic heterocycles. The molecule has 7 nitrogen and oxygen atoms in total. The number of nitrogens with zero attached hydrogens (tertiary/aromatic N) is 5. The second-order valence-corrected chi connectivity index (χ2v) is 9.87. The van der Waals surface area contributed by atoms with Gasteiger partial charge in [-0.25, -0.2) is 0 Å². The standard InChI is InChI=1S/C24H26ClN5O2S/c1-6-20-26-27-21(32-20)14-33-23-29-28-22(15-7-9-16(10-8-15)24(2,3)4)30(23)17-11-12-19(31-5)18(25)13-17/h7-13H,6,14H2,1-5H3. The molecular weight excluding hydrogens is 458 g/mol. The van der Waals surface area contributed by atoms with Crippen LogP contribution >= 0.6 is 23.4 Å². The number of hydrogen-bond donors (Lipinski definition) is 0. The summed E-state index contributed by atoms with van der Waals surface area (Å²) >= 11 is 7.92. The number of halogens is 1. The van der Waals surface area contributed by atoms with E-state index in [0.29, 0.717) is 39.9 Å². The van der Waals surface area contributed by atoms with Crippen LogP contribution < -0.4 is 4.74 Å². The van der Waals surface area contributed by atoms with Crippen molar-refractivity contribution in [3.63, 3.8) is 0 Å². The predicted octanol–water partition coefficient (Wildman–Crippen LogP) is 6.13. The van der Waals surface area contributed by atoms with E-state index in [1.807, 2.05) is 29.7 Å². The van der Waals surface area contributed by atoms with Crippen molar-refractivity contribution in [1.29, 1.82) is 0 Å². The molecule has 0 bridgehead atoms. The van der Waals surface area contributed by atoms with E-state index in [1.54, 1.807) is 7.11 Å². The Kier molecular flexibility index (Phi) is 6.76. The van der Waals surface area contributed by atoms with Crippen LogP contribution in [0.25, 0.3) is 17.1 Å². The average Bonchev–Trinajstić information content (AvgIpc) is 3.44. The van der Waals surface area contributed by atoms with Crippen LogP contribution in [0.1, 0.15) is 45.0 Å². The lowest BCUT2D eigenvalue weighted by atomic mass is 9.87. The first-order valence-corrected chi connectivity index (χ1v) is 12.0. The Labute approximate surface area is 202 Å². The normalized spacial score (nSPS) is 11.7. The van der Waals surface area contributed by atoms with Gasteiger partial charge in [-0.3, -0.25) is 4.57 Å². The maximum atomic E-state index is 6.44. The van der Waals surface area contributed by atoms with Crippen molar-refractivity contribution in [3.05, 3.63) is 64.8 Å². The number of aryl methyl sites for hydroxylation is 1. The first-order valence-electron chi connectivity index (χ1n) is 10.6. The first-order chi connectivity index (χ1) is 15.8. The number of thioether (sulfide) groups is 1. The number of aromatic nitrogens is 5. The van der Waals surface area contributed by atoms with Crippen LogP contribution in [0.2, 0.25) is 5.02 Å². The molecule has 172 valence electrons. The molecule has 0 radical (unpaired) electrons. The molecule has 0 fully saturated rings. The summed E-state index contributed by atoms with van der Waals surface area (Å²) in [6, 6.07) is 14.0. The van der Waals surface area contributed by atoms with E-state index in [4.69, 9.17) is 20.8 Å². The monoisotopic (exact) mass is 483 g/mol. The highest BCUT2D eigenvalue weighted by molar-refractivity contribution is 7.98. The van der Waals surface area contributed by atoms with Crippen LogP contribution in [0, 0.1) is 0 Å². The van der Waals surface area contributed by atoms with Crippen LogP contribution in [-0.4, -0.2) is 32.1 Å². The van der Waals surface area contributed by atoms with E-state index < -0.39 is 0 Å². The van der Waals surface area contributed by atoms with E-state index in [-0.39, 0.29) is 5.41 Å². The van der Waals surface area contributed by atoms with Gasteiger partial charge in [0.1, 0.15) is 5.75 Å². The zero-order valence-electron chi connectivity index (χ0n) is 19.3. The van der Waals surface area contributed by atoms with E-state index in [2.05, 4.69) is 65.4 Å². The fourth-order valence-corrected chi connectivity index (χ4v) is 4.35. The molecule has 0 N–H and O–H groups in total. The van der Waals surface area contributed by atoms with E-state index in [9.17, 15) is 0 Å². The van der Waals surface area contributed by atoms with Crippen LogP contribution in [0.3, 0.4) is 0 Å². The molecule has 2 heterocycles. The van der Waals surface area contributed by atoms with Crippen LogP contribution in [0.4, 0.5) is 0 Å². The molecule has 0 amide bonds. The Balaban J connectivity index is 1.74. The number of rotatable bonds is 7. The van der Waals surface area contributed by atoms with Crippen LogP contribution in [-0.2, 0) is 17.6 Å². The van der Waals surface area contributed by atoms with E-state index in [1.165, 1.54) is 17.3 Å². The summed E-state index contributed by atoms with van der Waals surface area (Å²) in [7, 11) is 1.60. The molecule has 0 aliphatic heterocycles. The Morgan fingerprint density at radius 2 is 1.73 bits per heavy atom. The molecule has 4 rings (SSSR count). The molecule has 0 unspecified atom stereocenters. The van der Waals surface area contributed by atoms with Gasteiger partial charge in [-0.15, -0.1) is 20.4 Å². The van der Waals surface area contributed by atoms with E-state index in [0.717, 1.165) is 17.1 Å². The highest BCUT2D eigenvalue weighted by Gasteiger charge is 2.20. The minimum Gasteiger partial charge on any atom is -0.495 e. The summed E-state index contributed by atoms with van der Waals surface area (Å²) in [6.07, 6.45) is 0.701. The molecule has 9 heteroatoms. The molecule has 0 aliphatic rings. The molecule has 0 aliphatic carbocycles. The van der Waals surface area contributed by atoms with Crippen molar-refractivity contribution in [2.45, 2.75) is 50.4 Å². The third-order valence-electron chi connectivity index (χ3n) is 5.17. The lowest BCUT2D eigenvalue weighted by Crippen LogP contribution is -2.10. The first kappa shape index (κ1) is 23.3. The zero-order valence-corrected chi connectivity index (χ0v) is 20.9. The summed E-state index contributed by atoms with van der Waals surface area (Å²) < 4.78 is 13.0. The van der Waals surface area contributed by atoms with Gasteiger partial charge >= 0.3 is 0 Å². The van der Waals surface area contributed by atoms with Gasteiger partial charge in [-0.2, -0.15) is 0 Å². The summed E-state index contributed by atoms with van der Waals surface area (Å²) in [6.45, 7) is 8.56. The number of methoxy groups -OCH3 is 1. The van der Waals surface area contributed by atoms with Crippen molar-refractivity contribution in [2.24, 2.45) is 0 Å². The van der Waals surface area contributed by atoms with Gasteiger partial charge in [0, 0.05) is 12.0 Å². The average molecular weight is 484 g/mol. The Morgan fingerprint density at radius 3 is 2.33 bits per heavy atom. The minimum absolute atomic E-state index is 0.0676. The largest absolute Gasteiger partial charge is 0.495 e. The maximum Gasteiger partial charge on any atom is 0.226 e. The Bertz CT molecular complexity index is 1240. The van der Waals surface area contributed by atoms with Crippen molar-refractivity contribution < 1.29 is 9.15 Å². The van der Waals surface area contributed by atoms with Gasteiger partial charge in [0.05, 0.1) is 23.6 Å². The molecule has 33 heavy (non-hydrogen) atoms. The number of ether oxygens (including phenoxy) is 1. The Hall–Kier alpha value is -2.84. The number of hydrogen-bond acceptors (Lipinski definition) is 7. The van der Waals surface area contributed by atoms with Crippen molar-refractivity contribution >= 4 is 23.4 Å². The summed E-state index contributed by atoms with van der Waals surface area (Å²) in [4.78, 5) is 0. The third-order valence-corrected chi connectivity index (χ3v) is 6.38. The van der Waals surface area contributed by atoms with Gasteiger partial charge in [0.15, 0.2) is 11.0 Å². The lowest BCUT2D eigenvalue weighted by molar-refractivity contribution is 0.415. The van der Waals surface area contributed by atoms with Crippen LogP contribution in [0.5, 0.6) is 5.75 Å². The molecule has 2 aromatic carbocycles. The second kappa shape index (κ2) is 9.57. The van der Waals surface area contributed by atoms with Gasteiger partial charge in [0.2, 0.25) is 11.8 Å². The highest BCUT2D eigenvalue weighted by atomic mass is 35.5. The minimum atomic E-state index is 0.0676. The topological polar surface area (TPSA) is 78.9 Å². The Morgan fingerprint density at radius 1 is 1.00 bits per heavy atom. The van der Waals surface area contributed by atoms with Crippen molar-refractivity contribution in [1.82, 2.24) is 25.0 Å². The maximum absolute atomic E-state index is 6.44. The molecular formula is C24H26ClN5O2S. The number of benzene rings is 2. The predicted molar refractivity (Wildman–Crippen MR) is 130 cm³/mol. The van der Waals surface area contributed by atoms with Gasteiger partial charge in [-0.1, -0.05) is 75.3 Å². The van der Waals surface area contributed by atoms with Crippen molar-refractivity contribution in [3.8, 4) is 22.8 Å². The van der Waals surface area contributed by atoms with Gasteiger partial charge in [0.25, 0.3) is 0 Å². The zero-order chi connectivity index (χ0) is 23.6. The summed E-state index contributed by atoms with van der Waals surface area (Å²) in [5.74, 6) is 2.98. The second-order valence-electron chi connectivity index (χ2n) is 8.52. The van der Waals surface area contributed by atoms with Crippen molar-refractivity contribution in [2.75, 3.05) is 7.11 Å². The molecule has 4 aromatic rings. The lowest BCUT2D eigenvalue weighted by Gasteiger charge is -2.19. The SMILES string of the molecule is CCc1nnc(CSc2nnc(-c3ccc(C(C)(C)C)cc3)n2-c2ccc(OC)c(Cl)c2)o1. The van der Waals surface area contributed by atoms with Crippen LogP contribution in [0.15, 0.2) is 52.0 Å². The fraction of sp³-hybridized carbons (Fsp3) is 0.333. The summed E-state index contributed by atoms with van der Waals surface area (Å²) in [5, 5.41) is 18.3. The molecule has 0 saturated heterocycles.